The zero-order valence-electron chi connectivity index (χ0n) is 18.5. The van der Waals surface area contributed by atoms with Gasteiger partial charge in [-0.25, -0.2) is 4.79 Å². The molecule has 0 radical (unpaired) electrons. The van der Waals surface area contributed by atoms with Gasteiger partial charge in [0.1, 0.15) is 17.1 Å². The van der Waals surface area contributed by atoms with Crippen molar-refractivity contribution in [1.82, 2.24) is 14.0 Å². The summed E-state index contributed by atoms with van der Waals surface area (Å²) in [6, 6.07) is 7.93. The second-order valence-electron chi connectivity index (χ2n) is 7.65. The third-order valence-corrected chi connectivity index (χ3v) is 5.55. The summed E-state index contributed by atoms with van der Waals surface area (Å²) in [5.41, 5.74) is 5.89. The molecular weight excluding hydrogens is 398 g/mol. The number of nitrogen functional groups attached to an aromatic ring is 1. The van der Waals surface area contributed by atoms with E-state index in [0.717, 1.165) is 29.1 Å². The van der Waals surface area contributed by atoms with Gasteiger partial charge in [-0.15, -0.1) is 0 Å². The highest BCUT2D eigenvalue weighted by Crippen LogP contribution is 2.28. The second-order valence-corrected chi connectivity index (χ2v) is 7.65. The molecule has 0 amide bonds. The maximum atomic E-state index is 13.0. The molecule has 0 atom stereocenters. The van der Waals surface area contributed by atoms with Crippen molar-refractivity contribution >= 4 is 17.3 Å². The Morgan fingerprint density at radius 1 is 1.10 bits per heavy atom. The van der Waals surface area contributed by atoms with E-state index in [0.29, 0.717) is 32.7 Å². The van der Waals surface area contributed by atoms with Crippen LogP contribution in [0.15, 0.2) is 33.9 Å². The van der Waals surface area contributed by atoms with Crippen LogP contribution < -0.4 is 26.6 Å². The number of carbonyl (C=O) groups is 1. The molecule has 0 spiro atoms. The van der Waals surface area contributed by atoms with Crippen LogP contribution in [0.2, 0.25) is 0 Å². The Morgan fingerprint density at radius 3 is 2.42 bits per heavy atom. The first kappa shape index (κ1) is 22.6. The molecule has 1 saturated heterocycles. The van der Waals surface area contributed by atoms with Crippen molar-refractivity contribution in [2.75, 3.05) is 50.0 Å². The van der Waals surface area contributed by atoms with Gasteiger partial charge >= 0.3 is 5.69 Å². The summed E-state index contributed by atoms with van der Waals surface area (Å²) in [6.45, 7) is 7.72. The standard InChI is InChI=1S/C22H31N5O4/c1-4-10-27-20(23)19(21(29)24(3)22(27)30)17(28)15-25-11-13-26(14-12-25)16-8-6-7-9-18(16)31-5-2/h6-9H,4-5,10-15,23H2,1-3H3. The Balaban J connectivity index is 1.73. The molecule has 1 aromatic heterocycles. The number of carbonyl (C=O) groups excluding carboxylic acids is 1. The van der Waals surface area contributed by atoms with Crippen LogP contribution in [0.3, 0.4) is 0 Å². The molecule has 1 aromatic carbocycles. The number of aromatic nitrogens is 2. The van der Waals surface area contributed by atoms with E-state index in [1.165, 1.54) is 11.6 Å². The molecule has 0 bridgehead atoms. The van der Waals surface area contributed by atoms with Crippen LogP contribution in [0.4, 0.5) is 11.5 Å². The number of Topliss-reactive ketones (excluding diaryl/α,β-unsaturated/α-hetero) is 1. The Kier molecular flexibility index (Phi) is 7.17. The first-order valence-corrected chi connectivity index (χ1v) is 10.7. The van der Waals surface area contributed by atoms with Crippen molar-refractivity contribution in [3.63, 3.8) is 0 Å². The number of ether oxygens (including phenoxy) is 1. The SMILES string of the molecule is CCCn1c(N)c(C(=O)CN2CCN(c3ccccc3OCC)CC2)c(=O)n(C)c1=O. The Bertz CT molecular complexity index is 1050. The van der Waals surface area contributed by atoms with Crippen LogP contribution in [-0.4, -0.2) is 59.1 Å². The normalized spacial score (nSPS) is 14.6. The minimum absolute atomic E-state index is 0.0378. The minimum Gasteiger partial charge on any atom is -0.492 e. The molecule has 0 saturated carbocycles. The van der Waals surface area contributed by atoms with Gasteiger partial charge in [-0.3, -0.25) is 23.6 Å². The number of nitrogens with zero attached hydrogens (tertiary/aromatic N) is 4. The van der Waals surface area contributed by atoms with Crippen molar-refractivity contribution < 1.29 is 9.53 Å². The largest absolute Gasteiger partial charge is 0.492 e. The summed E-state index contributed by atoms with van der Waals surface area (Å²) in [5.74, 6) is 0.458. The van der Waals surface area contributed by atoms with Gasteiger partial charge in [0.05, 0.1) is 18.8 Å². The van der Waals surface area contributed by atoms with Gasteiger partial charge in [0.2, 0.25) is 0 Å². The summed E-state index contributed by atoms with van der Waals surface area (Å²) >= 11 is 0. The highest BCUT2D eigenvalue weighted by molar-refractivity contribution is 6.01. The average molecular weight is 430 g/mol. The number of benzene rings is 1. The zero-order chi connectivity index (χ0) is 22.5. The summed E-state index contributed by atoms with van der Waals surface area (Å²) in [4.78, 5) is 42.1. The number of rotatable bonds is 8. The van der Waals surface area contributed by atoms with Crippen LogP contribution in [-0.2, 0) is 13.6 Å². The molecule has 3 rings (SSSR count). The molecular formula is C22H31N5O4. The average Bonchev–Trinajstić information content (AvgIpc) is 2.77. The van der Waals surface area contributed by atoms with Crippen LogP contribution in [0, 0.1) is 0 Å². The molecule has 1 aliphatic heterocycles. The highest BCUT2D eigenvalue weighted by Gasteiger charge is 2.25. The lowest BCUT2D eigenvalue weighted by molar-refractivity contribution is 0.0924. The molecule has 0 aliphatic carbocycles. The molecule has 1 fully saturated rings. The predicted molar refractivity (Wildman–Crippen MR) is 121 cm³/mol. The second kappa shape index (κ2) is 9.82. The van der Waals surface area contributed by atoms with E-state index >= 15 is 0 Å². The number of hydrogen-bond acceptors (Lipinski definition) is 7. The maximum Gasteiger partial charge on any atom is 0.332 e. The third kappa shape index (κ3) is 4.66. The Hall–Kier alpha value is -3.07. The van der Waals surface area contributed by atoms with Crippen LogP contribution in [0.25, 0.3) is 0 Å². The number of piperazine rings is 1. The van der Waals surface area contributed by atoms with E-state index in [9.17, 15) is 14.4 Å². The van der Waals surface area contributed by atoms with E-state index in [4.69, 9.17) is 10.5 Å². The number of para-hydroxylation sites is 2. The number of nitrogens with two attached hydrogens (primary N) is 1. The lowest BCUT2D eigenvalue weighted by Crippen LogP contribution is -2.49. The van der Waals surface area contributed by atoms with Crippen molar-refractivity contribution in [2.45, 2.75) is 26.8 Å². The van der Waals surface area contributed by atoms with E-state index < -0.39 is 11.2 Å². The lowest BCUT2D eigenvalue weighted by atomic mass is 10.1. The zero-order valence-corrected chi connectivity index (χ0v) is 18.5. The van der Waals surface area contributed by atoms with Gasteiger partial charge in [-0.1, -0.05) is 19.1 Å². The number of anilines is 2. The number of ketones is 1. The van der Waals surface area contributed by atoms with Crippen LogP contribution in [0.5, 0.6) is 5.75 Å². The molecule has 2 heterocycles. The summed E-state index contributed by atoms with van der Waals surface area (Å²) in [5, 5.41) is 0. The fourth-order valence-electron chi connectivity index (χ4n) is 3.91. The lowest BCUT2D eigenvalue weighted by Gasteiger charge is -2.36. The number of hydrogen-bond donors (Lipinski definition) is 1. The van der Waals surface area contributed by atoms with E-state index in [1.807, 2.05) is 43.0 Å². The van der Waals surface area contributed by atoms with Gasteiger partial charge in [0.25, 0.3) is 5.56 Å². The molecule has 2 aromatic rings. The van der Waals surface area contributed by atoms with E-state index in [1.54, 1.807) is 0 Å². The van der Waals surface area contributed by atoms with Crippen molar-refractivity contribution in [1.29, 1.82) is 0 Å². The highest BCUT2D eigenvalue weighted by atomic mass is 16.5. The first-order chi connectivity index (χ1) is 14.9. The quantitative estimate of drug-likeness (QED) is 0.623. The van der Waals surface area contributed by atoms with E-state index in [2.05, 4.69) is 4.90 Å². The third-order valence-electron chi connectivity index (χ3n) is 5.55. The molecule has 9 nitrogen and oxygen atoms in total. The minimum atomic E-state index is -0.635. The molecule has 31 heavy (non-hydrogen) atoms. The van der Waals surface area contributed by atoms with Gasteiger partial charge in [-0.2, -0.15) is 0 Å². The fraction of sp³-hybridized carbons (Fsp3) is 0.500. The van der Waals surface area contributed by atoms with Gasteiger partial charge < -0.3 is 15.4 Å². The molecule has 0 unspecified atom stereocenters. The fourth-order valence-corrected chi connectivity index (χ4v) is 3.91. The van der Waals surface area contributed by atoms with Crippen LogP contribution >= 0.6 is 0 Å². The van der Waals surface area contributed by atoms with E-state index in [-0.39, 0.29) is 23.7 Å². The maximum absolute atomic E-state index is 13.0. The van der Waals surface area contributed by atoms with Crippen molar-refractivity contribution in [2.24, 2.45) is 7.05 Å². The molecule has 2 N–H and O–H groups in total. The van der Waals surface area contributed by atoms with Crippen molar-refractivity contribution in [3.05, 3.63) is 50.7 Å². The van der Waals surface area contributed by atoms with Crippen LogP contribution in [0.1, 0.15) is 30.6 Å². The monoisotopic (exact) mass is 429 g/mol. The molecule has 168 valence electrons. The van der Waals surface area contributed by atoms with Gasteiger partial charge in [0, 0.05) is 39.8 Å². The predicted octanol–water partition coefficient (Wildman–Crippen LogP) is 0.943. The topological polar surface area (TPSA) is 103 Å². The summed E-state index contributed by atoms with van der Waals surface area (Å²) < 4.78 is 7.99. The van der Waals surface area contributed by atoms with Crippen molar-refractivity contribution in [3.8, 4) is 5.75 Å². The summed E-state index contributed by atoms with van der Waals surface area (Å²) in [7, 11) is 1.38. The Labute approximate surface area is 181 Å². The molecule has 9 heteroatoms. The van der Waals surface area contributed by atoms with Gasteiger partial charge in [-0.05, 0) is 25.5 Å². The van der Waals surface area contributed by atoms with Gasteiger partial charge in [0.15, 0.2) is 5.78 Å². The smallest absolute Gasteiger partial charge is 0.332 e. The Morgan fingerprint density at radius 2 is 1.77 bits per heavy atom. The summed E-state index contributed by atoms with van der Waals surface area (Å²) in [6.07, 6.45) is 0.668. The first-order valence-electron chi connectivity index (χ1n) is 10.7. The molecule has 1 aliphatic rings.